The predicted molar refractivity (Wildman–Crippen MR) is 135 cm³/mol. The normalized spacial score (nSPS) is 23.0. The number of anilines is 1. The minimum atomic E-state index is -0.763. The molecule has 3 heterocycles. The molecular formula is C28H24F2N4O3. The highest BCUT2D eigenvalue weighted by Gasteiger charge is 2.46. The number of aromatic nitrogens is 3. The van der Waals surface area contributed by atoms with E-state index in [1.807, 2.05) is 6.92 Å². The molecule has 2 aromatic heterocycles. The molecule has 0 spiro atoms. The highest BCUT2D eigenvalue weighted by atomic mass is 19.1. The minimum absolute atomic E-state index is 0.00117. The number of ether oxygens (including phenoxy) is 1. The van der Waals surface area contributed by atoms with Gasteiger partial charge in [0.05, 0.1) is 23.7 Å². The Morgan fingerprint density at radius 3 is 2.57 bits per heavy atom. The van der Waals surface area contributed by atoms with Crippen molar-refractivity contribution >= 4 is 27.5 Å². The molecule has 1 aliphatic carbocycles. The average molecular weight is 503 g/mol. The highest BCUT2D eigenvalue weighted by molar-refractivity contribution is 6.03. The van der Waals surface area contributed by atoms with Gasteiger partial charge in [0.1, 0.15) is 28.6 Å². The predicted octanol–water partition coefficient (Wildman–Crippen LogP) is 4.42. The second kappa shape index (κ2) is 8.25. The van der Waals surface area contributed by atoms with Gasteiger partial charge in [0, 0.05) is 30.2 Å². The second-order valence-electron chi connectivity index (χ2n) is 10.2. The Morgan fingerprint density at radius 2 is 1.89 bits per heavy atom. The number of halogens is 2. The molecule has 0 radical (unpaired) electrons. The fourth-order valence-electron chi connectivity index (χ4n) is 6.08. The van der Waals surface area contributed by atoms with Crippen LogP contribution in [-0.2, 0) is 0 Å². The van der Waals surface area contributed by atoms with Crippen LogP contribution in [0.4, 0.5) is 14.6 Å². The summed E-state index contributed by atoms with van der Waals surface area (Å²) in [4.78, 5) is 15.3. The van der Waals surface area contributed by atoms with Crippen LogP contribution in [0.2, 0.25) is 0 Å². The van der Waals surface area contributed by atoms with Gasteiger partial charge in [-0.15, -0.1) is 6.42 Å². The lowest BCUT2D eigenvalue weighted by molar-refractivity contribution is 0.0601. The lowest BCUT2D eigenvalue weighted by Gasteiger charge is -2.24. The van der Waals surface area contributed by atoms with Gasteiger partial charge in [-0.2, -0.15) is 9.97 Å². The van der Waals surface area contributed by atoms with E-state index in [1.165, 1.54) is 37.6 Å². The maximum absolute atomic E-state index is 16.2. The topological polar surface area (TPSA) is 91.6 Å². The number of fused-ring (bicyclic) bond motifs is 3. The standard InChI is InChI=1S/C28H24F2N4O3/c1-4-18-21(29)6-5-14-7-17(35)8-19(22(14)18)24-23(30)25-20(11-31-24)26(33-27(32-25)37-3)34-12-15-9-28(2,36)10-16(15)13-34/h1,5-8,11,15-16,35-36H,9-10,12-13H2,2-3H3. The maximum atomic E-state index is 16.2. The van der Waals surface area contributed by atoms with E-state index in [2.05, 4.69) is 25.8 Å². The van der Waals surface area contributed by atoms with Crippen molar-refractivity contribution < 1.29 is 23.7 Å². The first-order valence-corrected chi connectivity index (χ1v) is 12.0. The summed E-state index contributed by atoms with van der Waals surface area (Å²) >= 11 is 0. The molecule has 6 rings (SSSR count). The van der Waals surface area contributed by atoms with E-state index < -0.39 is 17.2 Å². The number of aromatic hydroxyl groups is 1. The zero-order chi connectivity index (χ0) is 26.1. The van der Waals surface area contributed by atoms with Gasteiger partial charge < -0.3 is 19.8 Å². The van der Waals surface area contributed by atoms with Crippen LogP contribution in [-0.4, -0.2) is 51.0 Å². The van der Waals surface area contributed by atoms with E-state index in [0.29, 0.717) is 54.4 Å². The largest absolute Gasteiger partial charge is 0.508 e. The van der Waals surface area contributed by atoms with E-state index in [-0.39, 0.29) is 39.5 Å². The SMILES string of the molecule is C#Cc1c(F)ccc2cc(O)cc(-c3ncc4c(N5CC6CC(C)(O)CC6C5)nc(OC)nc4c3F)c12. The fraction of sp³-hybridized carbons (Fsp3) is 0.321. The number of terminal acetylenes is 1. The number of rotatable bonds is 3. The van der Waals surface area contributed by atoms with Crippen LogP contribution < -0.4 is 9.64 Å². The van der Waals surface area contributed by atoms with Gasteiger partial charge in [0.2, 0.25) is 0 Å². The van der Waals surface area contributed by atoms with Gasteiger partial charge >= 0.3 is 6.01 Å². The Bertz CT molecular complexity index is 1620. The number of benzene rings is 2. The van der Waals surface area contributed by atoms with Gasteiger partial charge in [-0.1, -0.05) is 12.0 Å². The molecule has 1 saturated heterocycles. The van der Waals surface area contributed by atoms with Crippen LogP contribution in [0.1, 0.15) is 25.3 Å². The molecule has 2 N–H and O–H groups in total. The summed E-state index contributed by atoms with van der Waals surface area (Å²) in [7, 11) is 1.41. The van der Waals surface area contributed by atoms with E-state index in [1.54, 1.807) is 0 Å². The molecule has 2 unspecified atom stereocenters. The van der Waals surface area contributed by atoms with Crippen LogP contribution in [0.3, 0.4) is 0 Å². The van der Waals surface area contributed by atoms with E-state index in [4.69, 9.17) is 11.2 Å². The molecule has 0 bridgehead atoms. The molecule has 2 aliphatic rings. The van der Waals surface area contributed by atoms with Gasteiger partial charge in [0.15, 0.2) is 5.82 Å². The quantitative estimate of drug-likeness (QED) is 0.401. The highest BCUT2D eigenvalue weighted by Crippen LogP contribution is 2.46. The third-order valence-corrected chi connectivity index (χ3v) is 7.56. The number of pyridine rings is 1. The molecule has 188 valence electrons. The number of methoxy groups -OCH3 is 1. The fourth-order valence-corrected chi connectivity index (χ4v) is 6.08. The van der Waals surface area contributed by atoms with Crippen molar-refractivity contribution in [3.63, 3.8) is 0 Å². The first kappa shape index (κ1) is 23.4. The Balaban J connectivity index is 1.53. The Labute approximate surface area is 211 Å². The van der Waals surface area contributed by atoms with Crippen molar-refractivity contribution in [2.45, 2.75) is 25.4 Å². The van der Waals surface area contributed by atoms with Gasteiger partial charge in [-0.3, -0.25) is 4.98 Å². The maximum Gasteiger partial charge on any atom is 0.318 e. The summed E-state index contributed by atoms with van der Waals surface area (Å²) < 4.78 is 36.0. The van der Waals surface area contributed by atoms with Gasteiger partial charge in [-0.25, -0.2) is 8.78 Å². The molecule has 7 nitrogen and oxygen atoms in total. The number of phenolic OH excluding ortho intramolecular Hbond substituents is 1. The van der Waals surface area contributed by atoms with Crippen LogP contribution in [0.5, 0.6) is 11.8 Å². The molecule has 2 atom stereocenters. The van der Waals surface area contributed by atoms with Crippen molar-refractivity contribution in [2.24, 2.45) is 11.8 Å². The van der Waals surface area contributed by atoms with Crippen molar-refractivity contribution in [3.8, 4) is 35.4 Å². The number of hydrogen-bond acceptors (Lipinski definition) is 7. The molecule has 2 fully saturated rings. The summed E-state index contributed by atoms with van der Waals surface area (Å²) in [6.07, 6.45) is 8.47. The van der Waals surface area contributed by atoms with Crippen molar-refractivity contribution in [2.75, 3.05) is 25.1 Å². The molecule has 1 aliphatic heterocycles. The average Bonchev–Trinajstić information content (AvgIpc) is 3.37. The minimum Gasteiger partial charge on any atom is -0.508 e. The third kappa shape index (κ3) is 3.71. The summed E-state index contributed by atoms with van der Waals surface area (Å²) in [5, 5.41) is 21.9. The number of phenols is 1. The lowest BCUT2D eigenvalue weighted by Crippen LogP contribution is -2.28. The van der Waals surface area contributed by atoms with Crippen LogP contribution in [0, 0.1) is 35.8 Å². The molecular weight excluding hydrogens is 478 g/mol. The Hall–Kier alpha value is -4.03. The monoisotopic (exact) mass is 502 g/mol. The third-order valence-electron chi connectivity index (χ3n) is 7.56. The van der Waals surface area contributed by atoms with E-state index >= 15 is 4.39 Å². The molecule has 0 amide bonds. The van der Waals surface area contributed by atoms with Crippen LogP contribution in [0.25, 0.3) is 32.9 Å². The smallest absolute Gasteiger partial charge is 0.318 e. The number of hydrogen-bond donors (Lipinski definition) is 2. The molecule has 4 aromatic rings. The Kier molecular flexibility index (Phi) is 5.21. The summed E-state index contributed by atoms with van der Waals surface area (Å²) in [5.41, 5.74) is -0.702. The van der Waals surface area contributed by atoms with Crippen LogP contribution in [0.15, 0.2) is 30.5 Å². The molecule has 2 aromatic carbocycles. The van der Waals surface area contributed by atoms with Crippen LogP contribution >= 0.6 is 0 Å². The number of nitrogens with zero attached hydrogens (tertiary/aromatic N) is 4. The van der Waals surface area contributed by atoms with Crippen molar-refractivity contribution in [3.05, 3.63) is 47.7 Å². The van der Waals surface area contributed by atoms with Gasteiger partial charge in [0.25, 0.3) is 0 Å². The van der Waals surface area contributed by atoms with E-state index in [9.17, 15) is 14.6 Å². The van der Waals surface area contributed by atoms with Gasteiger partial charge in [-0.05, 0) is 55.2 Å². The first-order chi connectivity index (χ1) is 17.7. The lowest BCUT2D eigenvalue weighted by atomic mass is 9.96. The van der Waals surface area contributed by atoms with Crippen molar-refractivity contribution in [1.82, 2.24) is 15.0 Å². The zero-order valence-electron chi connectivity index (χ0n) is 20.3. The second-order valence-corrected chi connectivity index (χ2v) is 10.2. The zero-order valence-corrected chi connectivity index (χ0v) is 20.3. The number of aliphatic hydroxyl groups is 1. The van der Waals surface area contributed by atoms with Crippen molar-refractivity contribution in [1.29, 1.82) is 0 Å². The van der Waals surface area contributed by atoms with E-state index in [0.717, 1.165) is 0 Å². The summed E-state index contributed by atoms with van der Waals surface area (Å²) in [6.45, 7) is 3.20. The summed E-state index contributed by atoms with van der Waals surface area (Å²) in [5.74, 6) is 1.92. The molecule has 9 heteroatoms. The molecule has 37 heavy (non-hydrogen) atoms. The summed E-state index contributed by atoms with van der Waals surface area (Å²) in [6, 6.07) is 5.42. The first-order valence-electron chi connectivity index (χ1n) is 12.0. The molecule has 1 saturated carbocycles. The Morgan fingerprint density at radius 1 is 1.16 bits per heavy atom.